The molecule has 0 spiro atoms. The van der Waals surface area contributed by atoms with Crippen LogP contribution in [0.15, 0.2) is 12.3 Å². The van der Waals surface area contributed by atoms with E-state index in [1.807, 2.05) is 13.1 Å². The molecule has 0 aliphatic carbocycles. The van der Waals surface area contributed by atoms with Crippen LogP contribution >= 0.6 is 0 Å². The van der Waals surface area contributed by atoms with Crippen molar-refractivity contribution in [1.29, 1.82) is 0 Å². The molecule has 0 fully saturated rings. The van der Waals surface area contributed by atoms with Crippen LogP contribution in [0.5, 0.6) is 0 Å². The van der Waals surface area contributed by atoms with Crippen molar-refractivity contribution in [2.45, 2.75) is 33.2 Å². The van der Waals surface area contributed by atoms with Crippen LogP contribution in [-0.4, -0.2) is 27.5 Å². The van der Waals surface area contributed by atoms with Crippen LogP contribution in [0, 0.1) is 6.92 Å². The topological polar surface area (TPSA) is 53.6 Å². The summed E-state index contributed by atoms with van der Waals surface area (Å²) in [7, 11) is 0. The van der Waals surface area contributed by atoms with Gasteiger partial charge in [0.25, 0.3) is 0 Å². The molecule has 0 radical (unpaired) electrons. The van der Waals surface area contributed by atoms with E-state index in [9.17, 15) is 0 Å². The number of nitrogens with one attached hydrogen (secondary N) is 2. The summed E-state index contributed by atoms with van der Waals surface area (Å²) < 4.78 is 0. The predicted octanol–water partition coefficient (Wildman–Crippen LogP) is 1.81. The average molecular weight is 218 g/mol. The maximum Gasteiger partial charge on any atom is 0.177 e. The molecule has 4 nitrogen and oxygen atoms in total. The Kier molecular flexibility index (Phi) is 3.19. The molecule has 16 heavy (non-hydrogen) atoms. The van der Waals surface area contributed by atoms with Crippen LogP contribution < -0.4 is 5.32 Å². The van der Waals surface area contributed by atoms with E-state index in [0.717, 1.165) is 35.5 Å². The van der Waals surface area contributed by atoms with E-state index in [2.05, 4.69) is 40.2 Å². The fraction of sp³-hybridized carbons (Fsp3) is 0.500. The van der Waals surface area contributed by atoms with Gasteiger partial charge in [0.05, 0.1) is 5.52 Å². The third-order valence-electron chi connectivity index (χ3n) is 2.44. The molecule has 2 aromatic heterocycles. The van der Waals surface area contributed by atoms with Gasteiger partial charge in [-0.3, -0.25) is 0 Å². The van der Waals surface area contributed by atoms with Crippen LogP contribution in [-0.2, 0) is 6.42 Å². The Morgan fingerprint density at radius 1 is 1.44 bits per heavy atom. The second-order valence-electron chi connectivity index (χ2n) is 4.43. The standard InChI is InChI=1S/C12H18N4/c1-8(2)13-5-4-11-15-10-6-9(3)7-14-12(10)16-11/h6-8,13H,4-5H2,1-3H3,(H,14,15,16). The van der Waals surface area contributed by atoms with Crippen molar-refractivity contribution in [1.82, 2.24) is 20.3 Å². The Morgan fingerprint density at radius 3 is 3.00 bits per heavy atom. The van der Waals surface area contributed by atoms with Gasteiger partial charge in [-0.05, 0) is 18.6 Å². The lowest BCUT2D eigenvalue weighted by Crippen LogP contribution is -2.25. The molecule has 2 aromatic rings. The number of pyridine rings is 1. The van der Waals surface area contributed by atoms with E-state index in [0.29, 0.717) is 6.04 Å². The lowest BCUT2D eigenvalue weighted by Gasteiger charge is -2.05. The normalized spacial score (nSPS) is 11.5. The van der Waals surface area contributed by atoms with Crippen molar-refractivity contribution in [2.24, 2.45) is 0 Å². The fourth-order valence-electron chi connectivity index (χ4n) is 1.65. The number of rotatable bonds is 4. The second kappa shape index (κ2) is 4.61. The number of nitrogens with zero attached hydrogens (tertiary/aromatic N) is 2. The highest BCUT2D eigenvalue weighted by atomic mass is 15.0. The second-order valence-corrected chi connectivity index (χ2v) is 4.43. The van der Waals surface area contributed by atoms with Crippen molar-refractivity contribution in [3.05, 3.63) is 23.7 Å². The molecule has 2 rings (SSSR count). The number of aromatic nitrogens is 3. The summed E-state index contributed by atoms with van der Waals surface area (Å²) >= 11 is 0. The quantitative estimate of drug-likeness (QED) is 0.823. The molecule has 86 valence electrons. The maximum absolute atomic E-state index is 4.44. The Morgan fingerprint density at radius 2 is 2.25 bits per heavy atom. The first kappa shape index (κ1) is 11.1. The van der Waals surface area contributed by atoms with E-state index < -0.39 is 0 Å². The Bertz CT molecular complexity index is 473. The highest BCUT2D eigenvalue weighted by Crippen LogP contribution is 2.10. The van der Waals surface area contributed by atoms with Crippen molar-refractivity contribution < 1.29 is 0 Å². The number of hydrogen-bond donors (Lipinski definition) is 2. The maximum atomic E-state index is 4.44. The van der Waals surface area contributed by atoms with Crippen molar-refractivity contribution in [2.75, 3.05) is 6.54 Å². The van der Waals surface area contributed by atoms with Crippen LogP contribution in [0.1, 0.15) is 25.2 Å². The molecule has 0 aliphatic heterocycles. The van der Waals surface area contributed by atoms with Gasteiger partial charge < -0.3 is 10.3 Å². The van der Waals surface area contributed by atoms with Crippen LogP contribution in [0.25, 0.3) is 11.2 Å². The Labute approximate surface area is 95.5 Å². The van der Waals surface area contributed by atoms with Gasteiger partial charge in [0.2, 0.25) is 0 Å². The number of imidazole rings is 1. The number of hydrogen-bond acceptors (Lipinski definition) is 3. The summed E-state index contributed by atoms with van der Waals surface area (Å²) in [6.07, 6.45) is 2.76. The van der Waals surface area contributed by atoms with E-state index in [4.69, 9.17) is 0 Å². The van der Waals surface area contributed by atoms with E-state index >= 15 is 0 Å². The number of H-pyrrole nitrogens is 1. The Hall–Kier alpha value is -1.42. The SMILES string of the molecule is Cc1cnc2nc(CCNC(C)C)[nH]c2c1. The zero-order chi connectivity index (χ0) is 11.5. The molecule has 0 aromatic carbocycles. The van der Waals surface area contributed by atoms with Gasteiger partial charge in [-0.2, -0.15) is 0 Å². The fourth-order valence-corrected chi connectivity index (χ4v) is 1.65. The van der Waals surface area contributed by atoms with Gasteiger partial charge in [0.15, 0.2) is 5.65 Å². The third-order valence-corrected chi connectivity index (χ3v) is 2.44. The summed E-state index contributed by atoms with van der Waals surface area (Å²) in [5.41, 5.74) is 2.99. The van der Waals surface area contributed by atoms with Gasteiger partial charge in [0, 0.05) is 25.2 Å². The molecule has 0 bridgehead atoms. The molecule has 0 saturated heterocycles. The third kappa shape index (κ3) is 2.58. The van der Waals surface area contributed by atoms with Crippen molar-refractivity contribution >= 4 is 11.2 Å². The van der Waals surface area contributed by atoms with Crippen molar-refractivity contribution in [3.63, 3.8) is 0 Å². The number of aromatic amines is 1. The first-order chi connectivity index (χ1) is 7.65. The summed E-state index contributed by atoms with van der Waals surface area (Å²) in [5, 5.41) is 3.37. The molecule has 0 aliphatic rings. The molecule has 4 heteroatoms. The van der Waals surface area contributed by atoms with Gasteiger partial charge in [-0.15, -0.1) is 0 Å². The molecule has 2 N–H and O–H groups in total. The first-order valence-electron chi connectivity index (χ1n) is 5.70. The summed E-state index contributed by atoms with van der Waals surface area (Å²) in [6, 6.07) is 2.60. The minimum absolute atomic E-state index is 0.518. The first-order valence-corrected chi connectivity index (χ1v) is 5.70. The van der Waals surface area contributed by atoms with Crippen molar-refractivity contribution in [3.8, 4) is 0 Å². The lowest BCUT2D eigenvalue weighted by atomic mass is 10.3. The van der Waals surface area contributed by atoms with Gasteiger partial charge in [-0.1, -0.05) is 13.8 Å². The molecular weight excluding hydrogens is 200 g/mol. The zero-order valence-electron chi connectivity index (χ0n) is 10.0. The molecule has 0 saturated carbocycles. The lowest BCUT2D eigenvalue weighted by molar-refractivity contribution is 0.585. The zero-order valence-corrected chi connectivity index (χ0v) is 10.0. The van der Waals surface area contributed by atoms with Crippen LogP contribution in [0.3, 0.4) is 0 Å². The summed E-state index contributed by atoms with van der Waals surface area (Å²) in [4.78, 5) is 12.0. The Balaban J connectivity index is 2.08. The summed E-state index contributed by atoms with van der Waals surface area (Å²) in [5.74, 6) is 1.00. The molecule has 0 amide bonds. The van der Waals surface area contributed by atoms with E-state index in [1.54, 1.807) is 0 Å². The molecule has 0 atom stereocenters. The largest absolute Gasteiger partial charge is 0.341 e. The number of aryl methyl sites for hydroxylation is 1. The van der Waals surface area contributed by atoms with Crippen LogP contribution in [0.2, 0.25) is 0 Å². The molecular formula is C12H18N4. The van der Waals surface area contributed by atoms with E-state index in [1.165, 1.54) is 0 Å². The van der Waals surface area contributed by atoms with E-state index in [-0.39, 0.29) is 0 Å². The minimum Gasteiger partial charge on any atom is -0.341 e. The summed E-state index contributed by atoms with van der Waals surface area (Å²) in [6.45, 7) is 7.26. The average Bonchev–Trinajstić information content (AvgIpc) is 2.58. The molecule has 2 heterocycles. The monoisotopic (exact) mass is 218 g/mol. The highest BCUT2D eigenvalue weighted by molar-refractivity contribution is 5.70. The van der Waals surface area contributed by atoms with Gasteiger partial charge in [-0.25, -0.2) is 9.97 Å². The van der Waals surface area contributed by atoms with Crippen LogP contribution in [0.4, 0.5) is 0 Å². The van der Waals surface area contributed by atoms with Gasteiger partial charge in [0.1, 0.15) is 5.82 Å². The van der Waals surface area contributed by atoms with Gasteiger partial charge >= 0.3 is 0 Å². The molecule has 0 unspecified atom stereocenters. The number of fused-ring (bicyclic) bond motifs is 1. The smallest absolute Gasteiger partial charge is 0.177 e. The predicted molar refractivity (Wildman–Crippen MR) is 65.5 cm³/mol. The minimum atomic E-state index is 0.518. The highest BCUT2D eigenvalue weighted by Gasteiger charge is 2.03.